The summed E-state index contributed by atoms with van der Waals surface area (Å²) in [6.45, 7) is 13.1. The van der Waals surface area contributed by atoms with Gasteiger partial charge in [0.1, 0.15) is 18.2 Å². The van der Waals surface area contributed by atoms with Crippen LogP contribution in [0.4, 0.5) is 11.4 Å². The van der Waals surface area contributed by atoms with Gasteiger partial charge in [-0.2, -0.15) is 0 Å². The van der Waals surface area contributed by atoms with E-state index in [2.05, 4.69) is 83.0 Å². The summed E-state index contributed by atoms with van der Waals surface area (Å²) in [6, 6.07) is 22.1. The minimum atomic E-state index is -0.127. The summed E-state index contributed by atoms with van der Waals surface area (Å²) in [4.78, 5) is 20.5. The Balaban J connectivity index is 1.29. The van der Waals surface area contributed by atoms with Crippen LogP contribution in [0.5, 0.6) is 5.75 Å². The number of oxime groups is 1. The Bertz CT molecular complexity index is 1740. The lowest BCUT2D eigenvalue weighted by Crippen LogP contribution is -2.29. The van der Waals surface area contributed by atoms with Gasteiger partial charge in [-0.3, -0.25) is 4.79 Å². The number of hydrogen-bond donors (Lipinski definition) is 2. The summed E-state index contributed by atoms with van der Waals surface area (Å²) in [5.41, 5.74) is 7.01. The van der Waals surface area contributed by atoms with Crippen molar-refractivity contribution in [3.63, 3.8) is 0 Å². The number of carbonyl (C=O) groups is 1. The molecule has 0 aliphatic carbocycles. The van der Waals surface area contributed by atoms with Crippen molar-refractivity contribution in [2.75, 3.05) is 43.1 Å². The monoisotopic (exact) mass is 677 g/mol. The normalized spacial score (nSPS) is 13.2. The second kappa shape index (κ2) is 18.2. The fraction of sp³-hybridized carbons (Fsp3) is 0.390. The first-order valence-corrected chi connectivity index (χ1v) is 17.9. The number of nitrogens with zero attached hydrogens (tertiary/aromatic N) is 4. The number of fused-ring (bicyclic) bond motifs is 1. The second-order valence-corrected chi connectivity index (χ2v) is 13.2. The van der Waals surface area contributed by atoms with E-state index in [0.29, 0.717) is 43.4 Å². The van der Waals surface area contributed by atoms with Crippen molar-refractivity contribution in [2.24, 2.45) is 11.1 Å². The number of aromatic nitrogens is 2. The third-order valence-electron chi connectivity index (χ3n) is 8.74. The van der Waals surface area contributed by atoms with Crippen LogP contribution < -0.4 is 15.0 Å². The first-order valence-electron chi connectivity index (χ1n) is 17.9. The second-order valence-electron chi connectivity index (χ2n) is 13.2. The molecule has 1 aliphatic heterocycles. The molecule has 0 radical (unpaired) electrons. The van der Waals surface area contributed by atoms with Gasteiger partial charge < -0.3 is 29.5 Å². The van der Waals surface area contributed by atoms with E-state index in [-0.39, 0.29) is 5.91 Å². The van der Waals surface area contributed by atoms with E-state index in [1.54, 1.807) is 6.20 Å². The standard InChI is InChI=1S/C41H51N5O4/c1-5-7-23-49-24-25-50-37-15-10-31(11-16-37)33-12-17-39-35(26-33)27-34(18-21-46(39)29-30(3)4)41(47)43-36-13-8-32(9-14-36)38(44-48)28-40-42-19-22-45(40)20-6-2/h8-17,19,22,26-27,30,48H,5-7,18,20-21,23-25,28-29H2,1-4H3,(H,43,47). The largest absolute Gasteiger partial charge is 0.491 e. The fourth-order valence-electron chi connectivity index (χ4n) is 6.15. The first-order chi connectivity index (χ1) is 24.4. The van der Waals surface area contributed by atoms with Crippen LogP contribution in [0.2, 0.25) is 0 Å². The molecule has 0 fully saturated rings. The van der Waals surface area contributed by atoms with E-state index >= 15 is 0 Å². The zero-order valence-corrected chi connectivity index (χ0v) is 29.9. The molecule has 5 rings (SSSR count). The number of hydrogen-bond acceptors (Lipinski definition) is 7. The van der Waals surface area contributed by atoms with Gasteiger partial charge in [-0.15, -0.1) is 0 Å². The van der Waals surface area contributed by atoms with Gasteiger partial charge in [0.05, 0.1) is 18.7 Å². The van der Waals surface area contributed by atoms with Gasteiger partial charge in [-0.1, -0.05) is 69.6 Å². The van der Waals surface area contributed by atoms with Crippen LogP contribution in [0.1, 0.15) is 70.3 Å². The van der Waals surface area contributed by atoms with Crippen LogP contribution in [-0.4, -0.2) is 59.3 Å². The smallest absolute Gasteiger partial charge is 0.251 e. The van der Waals surface area contributed by atoms with Crippen molar-refractivity contribution in [1.82, 2.24) is 9.55 Å². The molecule has 0 saturated heterocycles. The molecule has 0 bridgehead atoms. The molecule has 0 saturated carbocycles. The topological polar surface area (TPSA) is 101 Å². The first kappa shape index (κ1) is 36.4. The Hall–Kier alpha value is -4.89. The lowest BCUT2D eigenvalue weighted by Gasteiger charge is -2.27. The van der Waals surface area contributed by atoms with Gasteiger partial charge in [-0.05, 0) is 89.9 Å². The molecule has 0 spiro atoms. The van der Waals surface area contributed by atoms with Gasteiger partial charge in [0.2, 0.25) is 0 Å². The molecule has 0 unspecified atom stereocenters. The zero-order valence-electron chi connectivity index (χ0n) is 29.9. The predicted molar refractivity (Wildman–Crippen MR) is 202 cm³/mol. The third kappa shape index (κ3) is 9.85. The van der Waals surface area contributed by atoms with Crippen LogP contribution in [0.15, 0.2) is 89.9 Å². The highest BCUT2D eigenvalue weighted by Gasteiger charge is 2.21. The maximum atomic E-state index is 13.7. The molecule has 50 heavy (non-hydrogen) atoms. The summed E-state index contributed by atoms with van der Waals surface area (Å²) >= 11 is 0. The molecular weight excluding hydrogens is 626 g/mol. The Morgan fingerprint density at radius 2 is 1.76 bits per heavy atom. The number of unbranched alkanes of at least 4 members (excludes halogenated alkanes) is 1. The highest BCUT2D eigenvalue weighted by molar-refractivity contribution is 6.08. The average molecular weight is 678 g/mol. The number of rotatable bonds is 17. The number of imidazole rings is 1. The molecule has 1 amide bonds. The fourth-order valence-corrected chi connectivity index (χ4v) is 6.15. The maximum absolute atomic E-state index is 13.7. The summed E-state index contributed by atoms with van der Waals surface area (Å²) in [7, 11) is 0. The van der Waals surface area contributed by atoms with Crippen molar-refractivity contribution in [3.8, 4) is 16.9 Å². The van der Waals surface area contributed by atoms with Crippen molar-refractivity contribution in [2.45, 2.75) is 66.3 Å². The molecule has 3 aromatic carbocycles. The number of carbonyl (C=O) groups excluding carboxylic acids is 1. The number of benzene rings is 3. The zero-order chi connectivity index (χ0) is 35.3. The molecule has 2 N–H and O–H groups in total. The lowest BCUT2D eigenvalue weighted by atomic mass is 10.00. The molecule has 264 valence electrons. The van der Waals surface area contributed by atoms with Crippen LogP contribution >= 0.6 is 0 Å². The number of amides is 1. The number of ether oxygens (including phenoxy) is 2. The Morgan fingerprint density at radius 3 is 2.48 bits per heavy atom. The Labute approximate surface area is 296 Å². The molecule has 1 aromatic heterocycles. The molecule has 0 atom stereocenters. The van der Waals surface area contributed by atoms with Gasteiger partial charge in [0.15, 0.2) is 0 Å². The van der Waals surface area contributed by atoms with Gasteiger partial charge >= 0.3 is 0 Å². The van der Waals surface area contributed by atoms with Gasteiger partial charge in [0, 0.05) is 55.6 Å². The molecular formula is C41H51N5O4. The SMILES string of the molecule is CCCCOCCOc1ccc(-c2ccc3c(c2)C=C(C(=O)Nc2ccc(C(Cc4nccn4CCC)=NO)cc2)CCN3CC(C)C)cc1. The highest BCUT2D eigenvalue weighted by Crippen LogP contribution is 2.34. The molecule has 4 aromatic rings. The number of anilines is 2. The van der Waals surface area contributed by atoms with E-state index < -0.39 is 0 Å². The summed E-state index contributed by atoms with van der Waals surface area (Å²) in [6.07, 6.45) is 9.95. The minimum absolute atomic E-state index is 0.127. The van der Waals surface area contributed by atoms with Crippen LogP contribution in [-0.2, 0) is 22.5 Å². The number of aryl methyl sites for hydroxylation is 1. The van der Waals surface area contributed by atoms with Crippen molar-refractivity contribution < 1.29 is 19.5 Å². The minimum Gasteiger partial charge on any atom is -0.491 e. The summed E-state index contributed by atoms with van der Waals surface area (Å²) in [5, 5.41) is 16.5. The lowest BCUT2D eigenvalue weighted by molar-refractivity contribution is -0.112. The van der Waals surface area contributed by atoms with Crippen LogP contribution in [0.3, 0.4) is 0 Å². The summed E-state index contributed by atoms with van der Waals surface area (Å²) in [5.74, 6) is 2.01. The van der Waals surface area contributed by atoms with Crippen LogP contribution in [0, 0.1) is 5.92 Å². The quantitative estimate of drug-likeness (QED) is 0.0503. The molecule has 2 heterocycles. The molecule has 9 nitrogen and oxygen atoms in total. The predicted octanol–water partition coefficient (Wildman–Crippen LogP) is 8.46. The van der Waals surface area contributed by atoms with Crippen LogP contribution in [0.25, 0.3) is 17.2 Å². The Morgan fingerprint density at radius 1 is 0.980 bits per heavy atom. The third-order valence-corrected chi connectivity index (χ3v) is 8.74. The van der Waals surface area contributed by atoms with E-state index in [1.165, 1.54) is 0 Å². The average Bonchev–Trinajstić information content (AvgIpc) is 3.48. The van der Waals surface area contributed by atoms with Crippen molar-refractivity contribution >= 4 is 29.1 Å². The summed E-state index contributed by atoms with van der Waals surface area (Å²) < 4.78 is 13.6. The molecule has 9 heteroatoms. The van der Waals surface area contributed by atoms with E-state index in [4.69, 9.17) is 9.47 Å². The van der Waals surface area contributed by atoms with Crippen molar-refractivity contribution in [1.29, 1.82) is 0 Å². The van der Waals surface area contributed by atoms with Gasteiger partial charge in [0.25, 0.3) is 5.91 Å². The molecule has 1 aliphatic rings. The number of nitrogens with one attached hydrogen (secondary N) is 1. The Kier molecular flexibility index (Phi) is 13.2. The maximum Gasteiger partial charge on any atom is 0.251 e. The van der Waals surface area contributed by atoms with Gasteiger partial charge in [-0.25, -0.2) is 4.98 Å². The van der Waals surface area contributed by atoms with E-state index in [9.17, 15) is 10.0 Å². The van der Waals surface area contributed by atoms with E-state index in [0.717, 1.165) is 90.6 Å². The highest BCUT2D eigenvalue weighted by atomic mass is 16.5. The van der Waals surface area contributed by atoms with Crippen molar-refractivity contribution in [3.05, 3.63) is 102 Å². The van der Waals surface area contributed by atoms with E-state index in [1.807, 2.05) is 48.7 Å².